The zero-order valence-corrected chi connectivity index (χ0v) is 19.6. The minimum atomic E-state index is 0.137. The molecule has 7 heteroatoms. The lowest BCUT2D eigenvalue weighted by atomic mass is 9.87. The maximum atomic E-state index is 6.01. The van der Waals surface area contributed by atoms with Gasteiger partial charge in [-0.1, -0.05) is 52.0 Å². The molecule has 1 aromatic heterocycles. The molecular weight excluding hydrogens is 408 g/mol. The molecule has 1 N–H and O–H groups in total. The number of aromatic amines is 1. The van der Waals surface area contributed by atoms with Gasteiger partial charge in [0.05, 0.1) is 13.3 Å². The van der Waals surface area contributed by atoms with Gasteiger partial charge in [-0.05, 0) is 58.9 Å². The Labute approximate surface area is 188 Å². The molecule has 0 spiro atoms. The summed E-state index contributed by atoms with van der Waals surface area (Å²) in [4.78, 5) is 0. The van der Waals surface area contributed by atoms with Crippen LogP contribution < -0.4 is 9.47 Å². The fourth-order valence-electron chi connectivity index (χ4n) is 3.10. The predicted molar refractivity (Wildman–Crippen MR) is 127 cm³/mol. The Bertz CT molecular complexity index is 1090. The summed E-state index contributed by atoms with van der Waals surface area (Å²) < 4.78 is 13.7. The van der Waals surface area contributed by atoms with E-state index in [1.54, 1.807) is 18.0 Å². The van der Waals surface area contributed by atoms with Gasteiger partial charge >= 0.3 is 0 Å². The van der Waals surface area contributed by atoms with Crippen molar-refractivity contribution in [3.63, 3.8) is 0 Å². The first-order valence-electron chi connectivity index (χ1n) is 10.4. The van der Waals surface area contributed by atoms with Crippen LogP contribution in [0.2, 0.25) is 0 Å². The van der Waals surface area contributed by atoms with Crippen LogP contribution in [-0.2, 0) is 18.4 Å². The lowest BCUT2D eigenvalue weighted by Crippen LogP contribution is -2.10. The first-order valence-corrected chi connectivity index (χ1v) is 10.8. The summed E-state index contributed by atoms with van der Waals surface area (Å²) in [6.45, 7) is 9.19. The molecule has 0 saturated heterocycles. The lowest BCUT2D eigenvalue weighted by Gasteiger charge is -2.19. The molecule has 0 atom stereocenters. The van der Waals surface area contributed by atoms with E-state index in [0.29, 0.717) is 22.9 Å². The molecule has 0 bridgehead atoms. The lowest BCUT2D eigenvalue weighted by molar-refractivity contribution is 0.284. The average Bonchev–Trinajstić information content (AvgIpc) is 3.10. The van der Waals surface area contributed by atoms with E-state index in [0.717, 1.165) is 29.8 Å². The first-order chi connectivity index (χ1) is 14.8. The number of ether oxygens (including phenoxy) is 2. The van der Waals surface area contributed by atoms with Crippen molar-refractivity contribution in [2.75, 3.05) is 7.11 Å². The number of aryl methyl sites for hydroxylation is 1. The molecule has 0 amide bonds. The average molecular weight is 439 g/mol. The van der Waals surface area contributed by atoms with E-state index in [2.05, 4.69) is 67.3 Å². The molecule has 6 nitrogen and oxygen atoms in total. The molecule has 164 valence electrons. The normalized spacial score (nSPS) is 11.8. The number of aromatic nitrogens is 3. The number of benzene rings is 2. The maximum absolute atomic E-state index is 6.01. The topological polar surface area (TPSA) is 64.4 Å². The van der Waals surface area contributed by atoms with E-state index in [-0.39, 0.29) is 5.41 Å². The second-order valence-corrected chi connectivity index (χ2v) is 8.78. The van der Waals surface area contributed by atoms with Crippen molar-refractivity contribution in [2.45, 2.75) is 52.6 Å². The highest BCUT2D eigenvalue weighted by molar-refractivity contribution is 7.71. The Morgan fingerprint density at radius 3 is 2.52 bits per heavy atom. The minimum Gasteiger partial charge on any atom is -0.493 e. The van der Waals surface area contributed by atoms with Gasteiger partial charge in [-0.2, -0.15) is 14.9 Å². The zero-order valence-electron chi connectivity index (χ0n) is 18.8. The van der Waals surface area contributed by atoms with Gasteiger partial charge in [0.15, 0.2) is 17.3 Å². The van der Waals surface area contributed by atoms with Gasteiger partial charge in [0.25, 0.3) is 0 Å². The van der Waals surface area contributed by atoms with Crippen LogP contribution in [0.25, 0.3) is 0 Å². The number of nitrogens with zero attached hydrogens (tertiary/aromatic N) is 3. The molecule has 3 aromatic rings. The Hall–Kier alpha value is -2.93. The summed E-state index contributed by atoms with van der Waals surface area (Å²) in [5.41, 5.74) is 3.43. The van der Waals surface area contributed by atoms with Crippen molar-refractivity contribution in [3.8, 4) is 11.5 Å². The van der Waals surface area contributed by atoms with E-state index >= 15 is 0 Å². The van der Waals surface area contributed by atoms with Gasteiger partial charge in [-0.25, -0.2) is 0 Å². The van der Waals surface area contributed by atoms with E-state index < -0.39 is 0 Å². The minimum absolute atomic E-state index is 0.137. The van der Waals surface area contributed by atoms with Gasteiger partial charge < -0.3 is 9.47 Å². The number of rotatable bonds is 8. The largest absolute Gasteiger partial charge is 0.493 e. The van der Waals surface area contributed by atoms with E-state index in [1.165, 1.54) is 5.56 Å². The highest BCUT2D eigenvalue weighted by atomic mass is 32.1. The van der Waals surface area contributed by atoms with Crippen LogP contribution in [0.5, 0.6) is 11.5 Å². The van der Waals surface area contributed by atoms with Crippen molar-refractivity contribution in [3.05, 3.63) is 69.8 Å². The fourth-order valence-corrected chi connectivity index (χ4v) is 3.30. The smallest absolute Gasteiger partial charge is 0.216 e. The highest BCUT2D eigenvalue weighted by Crippen LogP contribution is 2.29. The number of nitrogens with one attached hydrogen (secondary N) is 1. The Kier molecular flexibility index (Phi) is 7.28. The third-order valence-corrected chi connectivity index (χ3v) is 5.18. The molecule has 31 heavy (non-hydrogen) atoms. The van der Waals surface area contributed by atoms with Crippen LogP contribution in [-0.4, -0.2) is 28.2 Å². The van der Waals surface area contributed by atoms with Crippen LogP contribution in [0.3, 0.4) is 0 Å². The Balaban J connectivity index is 1.72. The first kappa shape index (κ1) is 22.7. The van der Waals surface area contributed by atoms with Crippen LogP contribution >= 0.6 is 12.2 Å². The van der Waals surface area contributed by atoms with Gasteiger partial charge in [0.2, 0.25) is 4.77 Å². The summed E-state index contributed by atoms with van der Waals surface area (Å²) >= 11 is 5.27. The molecule has 0 fully saturated rings. The fraction of sp³-hybridized carbons (Fsp3) is 0.375. The highest BCUT2D eigenvalue weighted by Gasteiger charge is 2.13. The molecule has 0 aliphatic rings. The molecule has 0 aliphatic heterocycles. The van der Waals surface area contributed by atoms with Crippen molar-refractivity contribution in [2.24, 2.45) is 5.10 Å². The number of hydrogen-bond donors (Lipinski definition) is 1. The van der Waals surface area contributed by atoms with Crippen molar-refractivity contribution < 1.29 is 9.47 Å². The van der Waals surface area contributed by atoms with Crippen LogP contribution in [0.4, 0.5) is 0 Å². The molecular formula is C24H30N4O2S. The molecule has 1 heterocycles. The quantitative estimate of drug-likeness (QED) is 0.364. The summed E-state index contributed by atoms with van der Waals surface area (Å²) in [5, 5.41) is 11.5. The van der Waals surface area contributed by atoms with Gasteiger partial charge in [-0.15, -0.1) is 0 Å². The maximum Gasteiger partial charge on any atom is 0.216 e. The van der Waals surface area contributed by atoms with E-state index in [1.807, 2.05) is 18.2 Å². The monoisotopic (exact) mass is 438 g/mol. The van der Waals surface area contributed by atoms with Crippen LogP contribution in [0, 0.1) is 4.77 Å². The van der Waals surface area contributed by atoms with E-state index in [4.69, 9.17) is 21.7 Å². The van der Waals surface area contributed by atoms with E-state index in [9.17, 15) is 0 Å². The third-order valence-electron chi connectivity index (χ3n) is 4.92. The summed E-state index contributed by atoms with van der Waals surface area (Å²) in [5.74, 6) is 2.15. The molecule has 0 saturated carbocycles. The van der Waals surface area contributed by atoms with Crippen LogP contribution in [0.15, 0.2) is 47.6 Å². The summed E-state index contributed by atoms with van der Waals surface area (Å²) in [7, 11) is 1.63. The molecule has 0 aliphatic carbocycles. The van der Waals surface area contributed by atoms with Gasteiger partial charge in [-0.3, -0.25) is 5.10 Å². The standard InChI is InChI=1S/C24H30N4O2S/c1-6-7-22-26-27-23(31)28(22)25-15-18-10-13-20(21(14-18)29-5)30-16-17-8-11-19(12-9-17)24(2,3)4/h8-15H,6-7,16H2,1-5H3,(H,27,31)/b25-15-. The summed E-state index contributed by atoms with van der Waals surface area (Å²) in [6.07, 6.45) is 3.51. The molecule has 2 aromatic carbocycles. The molecule has 0 unspecified atom stereocenters. The Morgan fingerprint density at radius 2 is 1.87 bits per heavy atom. The zero-order chi connectivity index (χ0) is 22.4. The SMILES string of the molecule is CCCc1n[nH]c(=S)n1/N=C\c1ccc(OCc2ccc(C(C)(C)C)cc2)c(OC)c1. The number of hydrogen-bond acceptors (Lipinski definition) is 5. The Morgan fingerprint density at radius 1 is 1.13 bits per heavy atom. The van der Waals surface area contributed by atoms with Gasteiger partial charge in [0.1, 0.15) is 6.61 Å². The van der Waals surface area contributed by atoms with Crippen molar-refractivity contribution in [1.29, 1.82) is 0 Å². The molecule has 0 radical (unpaired) electrons. The van der Waals surface area contributed by atoms with Crippen LogP contribution in [0.1, 0.15) is 56.6 Å². The number of methoxy groups -OCH3 is 1. The third kappa shape index (κ3) is 5.82. The second kappa shape index (κ2) is 9.92. The van der Waals surface area contributed by atoms with Gasteiger partial charge in [0, 0.05) is 6.42 Å². The van der Waals surface area contributed by atoms with Crippen molar-refractivity contribution >= 4 is 18.4 Å². The molecule has 3 rings (SSSR count). The second-order valence-electron chi connectivity index (χ2n) is 8.40. The predicted octanol–water partition coefficient (Wildman–Crippen LogP) is 5.66. The van der Waals surface area contributed by atoms with Crippen molar-refractivity contribution in [1.82, 2.24) is 14.9 Å². The number of H-pyrrole nitrogens is 1. The summed E-state index contributed by atoms with van der Waals surface area (Å²) in [6, 6.07) is 14.3.